The third-order valence-electron chi connectivity index (χ3n) is 11.4. The second-order valence-corrected chi connectivity index (χ2v) is 12.8. The summed E-state index contributed by atoms with van der Waals surface area (Å²) >= 11 is 0. The van der Waals surface area contributed by atoms with E-state index in [1.54, 1.807) is 6.08 Å². The summed E-state index contributed by atoms with van der Waals surface area (Å²) in [5.41, 5.74) is -2.57. The van der Waals surface area contributed by atoms with Crippen LogP contribution in [0.1, 0.15) is 79.6 Å². The van der Waals surface area contributed by atoms with Crippen molar-refractivity contribution in [2.45, 2.75) is 103 Å². The van der Waals surface area contributed by atoms with Gasteiger partial charge in [0.05, 0.1) is 17.8 Å². The lowest BCUT2D eigenvalue weighted by atomic mass is 9.46. The zero-order valence-electron chi connectivity index (χ0n) is 20.8. The van der Waals surface area contributed by atoms with Gasteiger partial charge in [0.2, 0.25) is 0 Å². The van der Waals surface area contributed by atoms with E-state index in [0.717, 1.165) is 19.3 Å². The second-order valence-electron chi connectivity index (χ2n) is 12.8. The molecule has 0 amide bonds. The summed E-state index contributed by atoms with van der Waals surface area (Å²) in [5.74, 6) is 1.20. The number of rotatable bonds is 3. The molecule has 0 aromatic rings. The van der Waals surface area contributed by atoms with Gasteiger partial charge in [0.1, 0.15) is 0 Å². The zero-order chi connectivity index (χ0) is 24.1. The molecular weight excluding hydrogens is 416 g/mol. The summed E-state index contributed by atoms with van der Waals surface area (Å²) in [6.07, 6.45) is 6.47. The van der Waals surface area contributed by atoms with Crippen molar-refractivity contribution in [3.8, 4) is 0 Å². The van der Waals surface area contributed by atoms with Gasteiger partial charge in [0.25, 0.3) is 0 Å². The van der Waals surface area contributed by atoms with E-state index < -0.39 is 28.8 Å². The maximum atomic E-state index is 14.0. The van der Waals surface area contributed by atoms with Crippen molar-refractivity contribution < 1.29 is 25.2 Å². The van der Waals surface area contributed by atoms with E-state index in [4.69, 9.17) is 0 Å². The fourth-order valence-corrected chi connectivity index (χ4v) is 8.86. The van der Waals surface area contributed by atoms with Gasteiger partial charge in [0.15, 0.2) is 11.4 Å². The van der Waals surface area contributed by atoms with Crippen molar-refractivity contribution in [1.29, 1.82) is 0 Å². The third kappa shape index (κ3) is 2.77. The number of aliphatic hydroxyl groups is 4. The highest BCUT2D eigenvalue weighted by molar-refractivity contribution is 5.96. The number of carbonyl (C=O) groups is 1. The first-order valence-corrected chi connectivity index (χ1v) is 13.1. The molecule has 0 unspecified atom stereocenters. The van der Waals surface area contributed by atoms with Crippen LogP contribution < -0.4 is 0 Å². The lowest BCUT2D eigenvalue weighted by molar-refractivity contribution is -0.199. The van der Waals surface area contributed by atoms with Crippen molar-refractivity contribution in [3.05, 3.63) is 23.3 Å². The van der Waals surface area contributed by atoms with Gasteiger partial charge >= 0.3 is 0 Å². The highest BCUT2D eigenvalue weighted by Gasteiger charge is 2.72. The van der Waals surface area contributed by atoms with Crippen molar-refractivity contribution in [3.63, 3.8) is 0 Å². The lowest BCUT2D eigenvalue weighted by Gasteiger charge is -2.60. The Morgan fingerprint density at radius 1 is 1.12 bits per heavy atom. The Hall–Kier alpha value is -1.01. The van der Waals surface area contributed by atoms with Crippen molar-refractivity contribution in [2.75, 3.05) is 0 Å². The minimum atomic E-state index is -1.72. The van der Waals surface area contributed by atoms with Crippen molar-refractivity contribution in [1.82, 2.24) is 0 Å². The first-order valence-electron chi connectivity index (χ1n) is 13.1. The molecule has 0 aliphatic heterocycles. The van der Waals surface area contributed by atoms with Crippen LogP contribution in [-0.4, -0.2) is 49.6 Å². The largest absolute Gasteiger partial charge is 0.393 e. The molecule has 3 fully saturated rings. The summed E-state index contributed by atoms with van der Waals surface area (Å²) in [7, 11) is 0. The number of hydrogen-bond donors (Lipinski definition) is 4. The van der Waals surface area contributed by atoms with Crippen LogP contribution in [0.15, 0.2) is 23.3 Å². The average Bonchev–Trinajstić information content (AvgIpc) is 3.23. The standard InChI is InChI=1S/C28H42O5/c1-15(2)16(3)24(31)19-13-26-14-23(30)28(33)22(21(26)7-6-20(26)17(19)4)9-11-27(32)12-18(29)8-10-25(27,28)5/h9,11,15-20,24,29,31-33H,6-8,10,12-14H2,1-5H3/t16-,17-,18+,19-,20+,24+,25-,26-,27-,28+/m0/s1. The first kappa shape index (κ1) is 23.7. The molecule has 0 radical (unpaired) electrons. The molecule has 0 aromatic carbocycles. The fourth-order valence-electron chi connectivity index (χ4n) is 8.86. The van der Waals surface area contributed by atoms with E-state index in [1.165, 1.54) is 5.57 Å². The molecule has 0 bridgehead atoms. The first-order chi connectivity index (χ1) is 15.3. The summed E-state index contributed by atoms with van der Waals surface area (Å²) in [6, 6.07) is 0. The SMILES string of the molecule is CC(C)[C@H](C)[C@@H](O)[C@H]1C[C@@]23CC(=O)[C@]4(O)C(=C2CC[C@@H]3[C@H]1C)C=C[C@]1(O)C[C@H](O)CC[C@]41C. The average molecular weight is 459 g/mol. The van der Waals surface area contributed by atoms with E-state index in [1.807, 2.05) is 13.0 Å². The number of hydrogen-bond acceptors (Lipinski definition) is 5. The topological polar surface area (TPSA) is 98.0 Å². The molecule has 5 nitrogen and oxygen atoms in total. The zero-order valence-corrected chi connectivity index (χ0v) is 20.8. The maximum Gasteiger partial charge on any atom is 0.170 e. The smallest absolute Gasteiger partial charge is 0.170 e. The van der Waals surface area contributed by atoms with E-state index in [0.29, 0.717) is 42.6 Å². The predicted octanol–water partition coefficient (Wildman–Crippen LogP) is 3.54. The van der Waals surface area contributed by atoms with Gasteiger partial charge in [-0.2, -0.15) is 0 Å². The van der Waals surface area contributed by atoms with Crippen LogP contribution in [0.25, 0.3) is 0 Å². The van der Waals surface area contributed by atoms with Crippen molar-refractivity contribution in [2.24, 2.45) is 40.4 Å². The Labute approximate surface area is 198 Å². The quantitative estimate of drug-likeness (QED) is 0.519. The number of aliphatic hydroxyl groups excluding tert-OH is 2. The molecule has 5 rings (SSSR count). The number of ketones is 1. The van der Waals surface area contributed by atoms with Crippen LogP contribution in [0.4, 0.5) is 0 Å². The number of fused-ring (bicyclic) bond motifs is 3. The highest BCUT2D eigenvalue weighted by Crippen LogP contribution is 2.70. The molecule has 5 aliphatic rings. The molecule has 0 saturated heterocycles. The Morgan fingerprint density at radius 2 is 1.82 bits per heavy atom. The van der Waals surface area contributed by atoms with Gasteiger partial charge < -0.3 is 20.4 Å². The predicted molar refractivity (Wildman–Crippen MR) is 126 cm³/mol. The molecule has 0 aromatic heterocycles. The van der Waals surface area contributed by atoms with Gasteiger partial charge in [-0.15, -0.1) is 0 Å². The Balaban J connectivity index is 1.62. The van der Waals surface area contributed by atoms with Crippen LogP contribution >= 0.6 is 0 Å². The van der Waals surface area contributed by atoms with Gasteiger partial charge in [-0.1, -0.05) is 52.3 Å². The normalized spacial score (nSPS) is 50.7. The Kier molecular flexibility index (Phi) is 5.21. The summed E-state index contributed by atoms with van der Waals surface area (Å²) in [4.78, 5) is 14.0. The summed E-state index contributed by atoms with van der Waals surface area (Å²) in [6.45, 7) is 10.5. The molecule has 3 saturated carbocycles. The van der Waals surface area contributed by atoms with Crippen LogP contribution in [0.3, 0.4) is 0 Å². The maximum absolute atomic E-state index is 14.0. The highest BCUT2D eigenvalue weighted by atomic mass is 16.3. The third-order valence-corrected chi connectivity index (χ3v) is 11.4. The molecule has 1 spiro atoms. The minimum absolute atomic E-state index is 0.143. The van der Waals surface area contributed by atoms with Crippen LogP contribution in [0, 0.1) is 40.4 Å². The molecule has 5 heteroatoms. The lowest BCUT2D eigenvalue weighted by Crippen LogP contribution is -2.70. The minimum Gasteiger partial charge on any atom is -0.393 e. The molecule has 5 aliphatic carbocycles. The van der Waals surface area contributed by atoms with Gasteiger partial charge in [0, 0.05) is 23.7 Å². The molecule has 10 atom stereocenters. The van der Waals surface area contributed by atoms with E-state index in [9.17, 15) is 25.2 Å². The molecule has 0 heterocycles. The fraction of sp³-hybridized carbons (Fsp3) is 0.821. The van der Waals surface area contributed by atoms with Crippen LogP contribution in [0.2, 0.25) is 0 Å². The Bertz CT molecular complexity index is 921. The number of allylic oxidation sites excluding steroid dienone is 1. The monoisotopic (exact) mass is 458 g/mol. The molecule has 33 heavy (non-hydrogen) atoms. The molecule has 184 valence electrons. The van der Waals surface area contributed by atoms with Gasteiger partial charge in [-0.3, -0.25) is 4.79 Å². The number of Topliss-reactive ketones (excluding diaryl/α,β-unsaturated/α-hetero) is 1. The van der Waals surface area contributed by atoms with E-state index in [-0.39, 0.29) is 29.5 Å². The van der Waals surface area contributed by atoms with Crippen LogP contribution in [-0.2, 0) is 4.79 Å². The van der Waals surface area contributed by atoms with Crippen LogP contribution in [0.5, 0.6) is 0 Å². The second kappa shape index (κ2) is 7.25. The number of carbonyl (C=O) groups excluding carboxylic acids is 1. The van der Waals surface area contributed by atoms with Gasteiger partial charge in [-0.25, -0.2) is 0 Å². The van der Waals surface area contributed by atoms with Crippen molar-refractivity contribution >= 4 is 5.78 Å². The summed E-state index contributed by atoms with van der Waals surface area (Å²) in [5, 5.41) is 45.2. The molecule has 4 N–H and O–H groups in total. The molecular formula is C28H42O5. The van der Waals surface area contributed by atoms with E-state index >= 15 is 0 Å². The summed E-state index contributed by atoms with van der Waals surface area (Å²) < 4.78 is 0. The Morgan fingerprint density at radius 3 is 2.48 bits per heavy atom. The van der Waals surface area contributed by atoms with E-state index in [2.05, 4.69) is 27.7 Å². The van der Waals surface area contributed by atoms with Gasteiger partial charge in [-0.05, 0) is 67.3 Å².